The standard InChI is InChI=1S/C9H17N3O/c1-7(2)8-6-12(5-3-4-10)9(13)11-8/h6-7H,3-5,10H2,1-2H3,(H,11,13). The number of H-pyrrole nitrogens is 1. The van der Waals surface area contributed by atoms with Crippen LogP contribution in [0.15, 0.2) is 11.0 Å². The molecule has 0 saturated heterocycles. The van der Waals surface area contributed by atoms with Crippen LogP contribution in [-0.2, 0) is 6.54 Å². The highest BCUT2D eigenvalue weighted by Crippen LogP contribution is 2.08. The molecule has 1 aromatic rings. The number of nitrogens with two attached hydrogens (primary N) is 1. The maximum Gasteiger partial charge on any atom is 0.325 e. The van der Waals surface area contributed by atoms with Gasteiger partial charge >= 0.3 is 5.69 Å². The molecule has 4 heteroatoms. The fraction of sp³-hybridized carbons (Fsp3) is 0.667. The molecule has 0 aliphatic rings. The van der Waals surface area contributed by atoms with E-state index in [1.165, 1.54) is 0 Å². The van der Waals surface area contributed by atoms with E-state index in [0.29, 0.717) is 19.0 Å². The Morgan fingerprint density at radius 1 is 1.62 bits per heavy atom. The lowest BCUT2D eigenvalue weighted by Crippen LogP contribution is -2.17. The normalized spacial score (nSPS) is 11.1. The molecular weight excluding hydrogens is 166 g/mol. The third-order valence-corrected chi connectivity index (χ3v) is 2.03. The third-order valence-electron chi connectivity index (χ3n) is 2.03. The molecule has 0 saturated carbocycles. The topological polar surface area (TPSA) is 63.8 Å². The summed E-state index contributed by atoms with van der Waals surface area (Å²) in [7, 11) is 0. The molecule has 0 fully saturated rings. The average Bonchev–Trinajstić information content (AvgIpc) is 2.44. The summed E-state index contributed by atoms with van der Waals surface area (Å²) in [5.74, 6) is 0.367. The van der Waals surface area contributed by atoms with E-state index in [1.807, 2.05) is 6.20 Å². The van der Waals surface area contributed by atoms with Crippen molar-refractivity contribution in [1.29, 1.82) is 0 Å². The Labute approximate surface area is 77.8 Å². The first-order valence-electron chi connectivity index (χ1n) is 4.64. The zero-order valence-electron chi connectivity index (χ0n) is 8.21. The predicted molar refractivity (Wildman–Crippen MR) is 52.8 cm³/mol. The van der Waals surface area contributed by atoms with E-state index in [4.69, 9.17) is 5.73 Å². The second-order valence-corrected chi connectivity index (χ2v) is 3.50. The molecule has 1 rings (SSSR count). The number of hydrogen-bond donors (Lipinski definition) is 2. The molecule has 4 nitrogen and oxygen atoms in total. The van der Waals surface area contributed by atoms with Gasteiger partial charge in [-0.15, -0.1) is 0 Å². The predicted octanol–water partition coefficient (Wildman–Crippen LogP) is 0.649. The molecule has 0 amide bonds. The number of nitrogens with zero attached hydrogens (tertiary/aromatic N) is 1. The lowest BCUT2D eigenvalue weighted by molar-refractivity contribution is 0.631. The van der Waals surface area contributed by atoms with E-state index in [0.717, 1.165) is 12.1 Å². The van der Waals surface area contributed by atoms with Gasteiger partial charge in [0.1, 0.15) is 0 Å². The minimum Gasteiger partial charge on any atom is -0.330 e. The van der Waals surface area contributed by atoms with Crippen LogP contribution in [0, 0.1) is 0 Å². The molecule has 74 valence electrons. The van der Waals surface area contributed by atoms with Crippen LogP contribution in [0.4, 0.5) is 0 Å². The van der Waals surface area contributed by atoms with Gasteiger partial charge in [-0.1, -0.05) is 13.8 Å². The van der Waals surface area contributed by atoms with Gasteiger partial charge in [-0.3, -0.25) is 4.57 Å². The first-order valence-corrected chi connectivity index (χ1v) is 4.64. The highest BCUT2D eigenvalue weighted by Gasteiger charge is 2.04. The lowest BCUT2D eigenvalue weighted by Gasteiger charge is -1.99. The van der Waals surface area contributed by atoms with Crippen molar-refractivity contribution in [2.75, 3.05) is 6.54 Å². The average molecular weight is 183 g/mol. The summed E-state index contributed by atoms with van der Waals surface area (Å²) in [5, 5.41) is 0. The molecule has 0 radical (unpaired) electrons. The number of hydrogen-bond acceptors (Lipinski definition) is 2. The van der Waals surface area contributed by atoms with Crippen LogP contribution >= 0.6 is 0 Å². The summed E-state index contributed by atoms with van der Waals surface area (Å²) in [6.07, 6.45) is 2.72. The van der Waals surface area contributed by atoms with E-state index in [1.54, 1.807) is 4.57 Å². The Balaban J connectivity index is 2.78. The first kappa shape index (κ1) is 10.1. The Bertz CT molecular complexity index is 311. The van der Waals surface area contributed by atoms with Crippen LogP contribution in [0.1, 0.15) is 31.9 Å². The molecule has 0 aliphatic carbocycles. The van der Waals surface area contributed by atoms with Crippen molar-refractivity contribution in [3.8, 4) is 0 Å². The van der Waals surface area contributed by atoms with Gasteiger partial charge < -0.3 is 10.7 Å². The number of imidazole rings is 1. The smallest absolute Gasteiger partial charge is 0.325 e. The Morgan fingerprint density at radius 3 is 2.77 bits per heavy atom. The maximum atomic E-state index is 11.3. The van der Waals surface area contributed by atoms with E-state index in [9.17, 15) is 4.79 Å². The monoisotopic (exact) mass is 183 g/mol. The molecule has 1 heterocycles. The van der Waals surface area contributed by atoms with Gasteiger partial charge in [0, 0.05) is 18.4 Å². The van der Waals surface area contributed by atoms with E-state index in [-0.39, 0.29) is 5.69 Å². The zero-order valence-corrected chi connectivity index (χ0v) is 8.21. The Kier molecular flexibility index (Phi) is 3.31. The van der Waals surface area contributed by atoms with Crippen LogP contribution < -0.4 is 11.4 Å². The van der Waals surface area contributed by atoms with Gasteiger partial charge in [0.15, 0.2) is 0 Å². The van der Waals surface area contributed by atoms with E-state index < -0.39 is 0 Å². The van der Waals surface area contributed by atoms with Crippen molar-refractivity contribution in [2.45, 2.75) is 32.7 Å². The Morgan fingerprint density at radius 2 is 2.31 bits per heavy atom. The summed E-state index contributed by atoms with van der Waals surface area (Å²) >= 11 is 0. The summed E-state index contributed by atoms with van der Waals surface area (Å²) < 4.78 is 1.68. The van der Waals surface area contributed by atoms with Gasteiger partial charge in [0.05, 0.1) is 0 Å². The number of aromatic nitrogens is 2. The number of nitrogens with one attached hydrogen (secondary N) is 1. The minimum absolute atomic E-state index is 0.0304. The quantitative estimate of drug-likeness (QED) is 0.719. The maximum absolute atomic E-state index is 11.3. The van der Waals surface area contributed by atoms with Crippen LogP contribution in [0.3, 0.4) is 0 Å². The fourth-order valence-electron chi connectivity index (χ4n) is 1.18. The van der Waals surface area contributed by atoms with Crippen LogP contribution in [0.5, 0.6) is 0 Å². The molecule has 0 atom stereocenters. The lowest BCUT2D eigenvalue weighted by atomic mass is 10.2. The summed E-state index contributed by atoms with van der Waals surface area (Å²) in [6.45, 7) is 5.43. The summed E-state index contributed by atoms with van der Waals surface area (Å²) in [5.41, 5.74) is 6.33. The second-order valence-electron chi connectivity index (χ2n) is 3.50. The van der Waals surface area contributed by atoms with E-state index >= 15 is 0 Å². The largest absolute Gasteiger partial charge is 0.330 e. The zero-order chi connectivity index (χ0) is 9.84. The molecule has 0 aromatic carbocycles. The molecule has 0 unspecified atom stereocenters. The van der Waals surface area contributed by atoms with Gasteiger partial charge in [0.2, 0.25) is 0 Å². The molecule has 1 aromatic heterocycles. The van der Waals surface area contributed by atoms with Gasteiger partial charge in [0.25, 0.3) is 0 Å². The van der Waals surface area contributed by atoms with Gasteiger partial charge in [-0.25, -0.2) is 4.79 Å². The number of aryl methyl sites for hydroxylation is 1. The van der Waals surface area contributed by atoms with E-state index in [2.05, 4.69) is 18.8 Å². The molecule has 0 aliphatic heterocycles. The highest BCUT2D eigenvalue weighted by molar-refractivity contribution is 5.01. The van der Waals surface area contributed by atoms with Crippen molar-refractivity contribution < 1.29 is 0 Å². The van der Waals surface area contributed by atoms with Crippen molar-refractivity contribution in [3.05, 3.63) is 22.4 Å². The first-order chi connectivity index (χ1) is 6.15. The molecule has 3 N–H and O–H groups in total. The fourth-order valence-corrected chi connectivity index (χ4v) is 1.18. The summed E-state index contributed by atoms with van der Waals surface area (Å²) in [4.78, 5) is 14.1. The molecular formula is C9H17N3O. The SMILES string of the molecule is CC(C)c1cn(CCCN)c(=O)[nH]1. The minimum atomic E-state index is -0.0304. The molecule has 0 bridgehead atoms. The third kappa shape index (κ3) is 2.45. The van der Waals surface area contributed by atoms with Crippen molar-refractivity contribution in [1.82, 2.24) is 9.55 Å². The van der Waals surface area contributed by atoms with Gasteiger partial charge in [-0.05, 0) is 18.9 Å². The van der Waals surface area contributed by atoms with Crippen molar-refractivity contribution >= 4 is 0 Å². The van der Waals surface area contributed by atoms with Crippen LogP contribution in [0.25, 0.3) is 0 Å². The highest BCUT2D eigenvalue weighted by atomic mass is 16.1. The second kappa shape index (κ2) is 4.28. The molecule has 0 spiro atoms. The van der Waals surface area contributed by atoms with Crippen LogP contribution in [0.2, 0.25) is 0 Å². The Hall–Kier alpha value is -1.03. The number of rotatable bonds is 4. The van der Waals surface area contributed by atoms with Crippen molar-refractivity contribution in [2.24, 2.45) is 5.73 Å². The molecule has 13 heavy (non-hydrogen) atoms. The summed E-state index contributed by atoms with van der Waals surface area (Å²) in [6, 6.07) is 0. The van der Waals surface area contributed by atoms with Crippen LogP contribution in [-0.4, -0.2) is 16.1 Å². The van der Waals surface area contributed by atoms with Crippen molar-refractivity contribution in [3.63, 3.8) is 0 Å². The number of aromatic amines is 1. The van der Waals surface area contributed by atoms with Gasteiger partial charge in [-0.2, -0.15) is 0 Å².